The third-order valence-corrected chi connectivity index (χ3v) is 6.22. The van der Waals surface area contributed by atoms with Crippen molar-refractivity contribution in [3.8, 4) is 0 Å². The molecule has 0 atom stereocenters. The van der Waals surface area contributed by atoms with Crippen molar-refractivity contribution in [2.24, 2.45) is 0 Å². The van der Waals surface area contributed by atoms with E-state index in [1.54, 1.807) is 30.1 Å². The molecule has 0 N–H and O–H groups in total. The van der Waals surface area contributed by atoms with Gasteiger partial charge in [0.25, 0.3) is 0 Å². The van der Waals surface area contributed by atoms with Crippen LogP contribution in [0.1, 0.15) is 63.4 Å². The van der Waals surface area contributed by atoms with E-state index in [0.29, 0.717) is 21.5 Å². The van der Waals surface area contributed by atoms with Crippen LogP contribution in [0, 0.1) is 0 Å². The standard InChI is InChI=1S/C20H18Cl2N4O4S/c1-3-29-19(28)16-14(18(30-25-16)10-4-5-10)17(27)11-6-7-13(21)15(22)12(11)8-26-9-23-20(24-26)31-2/h6-7,9-10H,3-5,8H2,1-2H3. The van der Waals surface area contributed by atoms with Crippen molar-refractivity contribution in [3.05, 3.63) is 56.6 Å². The number of ketones is 1. The zero-order chi connectivity index (χ0) is 22.1. The second-order valence-electron chi connectivity index (χ2n) is 6.91. The molecule has 1 saturated carbocycles. The third kappa shape index (κ3) is 4.35. The van der Waals surface area contributed by atoms with Crippen molar-refractivity contribution in [1.29, 1.82) is 0 Å². The van der Waals surface area contributed by atoms with Gasteiger partial charge in [0.1, 0.15) is 11.9 Å². The molecule has 11 heteroatoms. The van der Waals surface area contributed by atoms with Gasteiger partial charge >= 0.3 is 5.97 Å². The smallest absolute Gasteiger partial charge is 0.361 e. The second-order valence-corrected chi connectivity index (χ2v) is 8.47. The van der Waals surface area contributed by atoms with Crippen LogP contribution in [-0.2, 0) is 11.3 Å². The summed E-state index contributed by atoms with van der Waals surface area (Å²) in [6.07, 6.45) is 5.14. The molecule has 0 amide bonds. The zero-order valence-corrected chi connectivity index (χ0v) is 19.1. The normalized spacial score (nSPS) is 13.4. The molecule has 3 aromatic rings. The van der Waals surface area contributed by atoms with Gasteiger partial charge in [-0.1, -0.05) is 40.1 Å². The summed E-state index contributed by atoms with van der Waals surface area (Å²) >= 11 is 14.1. The molecular weight excluding hydrogens is 463 g/mol. The van der Waals surface area contributed by atoms with Crippen molar-refractivity contribution in [2.75, 3.05) is 12.9 Å². The Balaban J connectivity index is 1.80. The van der Waals surface area contributed by atoms with Crippen molar-refractivity contribution in [2.45, 2.75) is 37.4 Å². The van der Waals surface area contributed by atoms with Crippen LogP contribution < -0.4 is 0 Å². The second kappa shape index (κ2) is 9.02. The molecule has 8 nitrogen and oxygen atoms in total. The Hall–Kier alpha value is -2.36. The predicted molar refractivity (Wildman–Crippen MR) is 115 cm³/mol. The molecule has 0 saturated heterocycles. The summed E-state index contributed by atoms with van der Waals surface area (Å²) in [7, 11) is 0. The van der Waals surface area contributed by atoms with Crippen LogP contribution >= 0.6 is 35.0 Å². The summed E-state index contributed by atoms with van der Waals surface area (Å²) in [6, 6.07) is 3.13. The lowest BCUT2D eigenvalue weighted by molar-refractivity contribution is 0.0512. The molecule has 2 aromatic heterocycles. The molecular formula is C20H18Cl2N4O4S. The molecule has 1 aliphatic carbocycles. The maximum atomic E-state index is 13.7. The molecule has 1 aliphatic rings. The lowest BCUT2D eigenvalue weighted by Gasteiger charge is -2.12. The highest BCUT2D eigenvalue weighted by molar-refractivity contribution is 7.98. The molecule has 1 fully saturated rings. The lowest BCUT2D eigenvalue weighted by atomic mass is 9.95. The molecule has 0 unspecified atom stereocenters. The van der Waals surface area contributed by atoms with E-state index in [-0.39, 0.29) is 40.9 Å². The van der Waals surface area contributed by atoms with Gasteiger partial charge in [0.2, 0.25) is 10.9 Å². The Labute approximate surface area is 192 Å². The van der Waals surface area contributed by atoms with E-state index in [2.05, 4.69) is 15.2 Å². The fourth-order valence-electron chi connectivity index (χ4n) is 3.19. The monoisotopic (exact) mass is 480 g/mol. The summed E-state index contributed by atoms with van der Waals surface area (Å²) in [5.74, 6) is -0.676. The van der Waals surface area contributed by atoms with E-state index in [1.165, 1.54) is 11.8 Å². The molecule has 31 heavy (non-hydrogen) atoms. The number of thioether (sulfide) groups is 1. The first-order chi connectivity index (χ1) is 14.9. The average molecular weight is 481 g/mol. The Morgan fingerprint density at radius 1 is 1.32 bits per heavy atom. The minimum atomic E-state index is -0.705. The van der Waals surface area contributed by atoms with E-state index < -0.39 is 11.8 Å². The summed E-state index contributed by atoms with van der Waals surface area (Å²) in [4.78, 5) is 30.3. The number of carbonyl (C=O) groups is 2. The van der Waals surface area contributed by atoms with E-state index in [9.17, 15) is 9.59 Å². The molecule has 1 aromatic carbocycles. The van der Waals surface area contributed by atoms with E-state index in [0.717, 1.165) is 12.8 Å². The summed E-state index contributed by atoms with van der Waals surface area (Å²) < 4.78 is 12.0. The molecule has 4 rings (SSSR count). The minimum Gasteiger partial charge on any atom is -0.461 e. The molecule has 162 valence electrons. The number of halogens is 2. The van der Waals surface area contributed by atoms with Gasteiger partial charge in [-0.25, -0.2) is 14.5 Å². The number of aromatic nitrogens is 4. The van der Waals surface area contributed by atoms with Crippen LogP contribution in [0.3, 0.4) is 0 Å². The number of ether oxygens (including phenoxy) is 1. The van der Waals surface area contributed by atoms with Crippen LogP contribution in [0.25, 0.3) is 0 Å². The Morgan fingerprint density at radius 3 is 2.74 bits per heavy atom. The van der Waals surface area contributed by atoms with Gasteiger partial charge in [0, 0.05) is 17.0 Å². The van der Waals surface area contributed by atoms with Crippen LogP contribution in [0.2, 0.25) is 10.0 Å². The van der Waals surface area contributed by atoms with E-state index in [1.807, 2.05) is 6.26 Å². The third-order valence-electron chi connectivity index (χ3n) is 4.82. The quantitative estimate of drug-likeness (QED) is 0.261. The molecule has 0 radical (unpaired) electrons. The van der Waals surface area contributed by atoms with Gasteiger partial charge in [0.15, 0.2) is 11.5 Å². The number of benzene rings is 1. The highest BCUT2D eigenvalue weighted by Gasteiger charge is 2.38. The van der Waals surface area contributed by atoms with Gasteiger partial charge in [-0.3, -0.25) is 4.79 Å². The largest absolute Gasteiger partial charge is 0.461 e. The van der Waals surface area contributed by atoms with Crippen molar-refractivity contribution >= 4 is 46.7 Å². The number of nitrogens with zero attached hydrogens (tertiary/aromatic N) is 4. The Kier molecular flexibility index (Phi) is 6.36. The van der Waals surface area contributed by atoms with E-state index >= 15 is 0 Å². The maximum Gasteiger partial charge on any atom is 0.361 e. The highest BCUT2D eigenvalue weighted by Crippen LogP contribution is 2.43. The first-order valence-electron chi connectivity index (χ1n) is 9.56. The first kappa shape index (κ1) is 21.9. The van der Waals surface area contributed by atoms with Gasteiger partial charge in [-0.2, -0.15) is 0 Å². The predicted octanol–water partition coefficient (Wildman–Crippen LogP) is 4.63. The zero-order valence-electron chi connectivity index (χ0n) is 16.7. The number of rotatable bonds is 8. The number of esters is 1. The lowest BCUT2D eigenvalue weighted by Crippen LogP contribution is -2.16. The fourth-order valence-corrected chi connectivity index (χ4v) is 3.93. The van der Waals surface area contributed by atoms with Crippen LogP contribution in [0.4, 0.5) is 0 Å². The maximum absolute atomic E-state index is 13.7. The summed E-state index contributed by atoms with van der Waals surface area (Å²) in [6.45, 7) is 2.01. The van der Waals surface area contributed by atoms with Gasteiger partial charge in [-0.05, 0) is 38.2 Å². The minimum absolute atomic E-state index is 0.0558. The number of hydrogen-bond donors (Lipinski definition) is 0. The van der Waals surface area contributed by atoms with Crippen molar-refractivity contribution in [1.82, 2.24) is 19.9 Å². The van der Waals surface area contributed by atoms with E-state index in [4.69, 9.17) is 32.5 Å². The molecule has 0 bridgehead atoms. The summed E-state index contributed by atoms with van der Waals surface area (Å²) in [5.41, 5.74) is 0.737. The van der Waals surface area contributed by atoms with Crippen LogP contribution in [0.5, 0.6) is 0 Å². The first-order valence-corrected chi connectivity index (χ1v) is 11.5. The Bertz CT molecular complexity index is 1160. The molecule has 2 heterocycles. The highest BCUT2D eigenvalue weighted by atomic mass is 35.5. The van der Waals surface area contributed by atoms with Gasteiger partial charge in [0.05, 0.1) is 23.2 Å². The van der Waals surface area contributed by atoms with Crippen LogP contribution in [0.15, 0.2) is 28.1 Å². The summed E-state index contributed by atoms with van der Waals surface area (Å²) in [5, 5.41) is 9.31. The number of hydrogen-bond acceptors (Lipinski definition) is 8. The average Bonchev–Trinajstić information content (AvgIpc) is 3.33. The Morgan fingerprint density at radius 2 is 2.10 bits per heavy atom. The molecule has 0 spiro atoms. The van der Waals surface area contributed by atoms with Gasteiger partial charge in [-0.15, -0.1) is 5.10 Å². The number of carbonyl (C=O) groups excluding carboxylic acids is 2. The topological polar surface area (TPSA) is 100 Å². The van der Waals surface area contributed by atoms with Crippen molar-refractivity contribution < 1.29 is 18.8 Å². The van der Waals surface area contributed by atoms with Crippen molar-refractivity contribution in [3.63, 3.8) is 0 Å². The SMILES string of the molecule is CCOC(=O)c1noc(C2CC2)c1C(=O)c1ccc(Cl)c(Cl)c1Cn1cnc(SC)n1. The molecule has 0 aliphatic heterocycles. The van der Waals surface area contributed by atoms with Gasteiger partial charge < -0.3 is 9.26 Å². The van der Waals surface area contributed by atoms with Crippen LogP contribution in [-0.4, -0.2) is 44.5 Å². The fraction of sp³-hybridized carbons (Fsp3) is 0.350.